The minimum Gasteiger partial charge on any atom is -0.459 e. The Balaban J connectivity index is 1.56. The Kier molecular flexibility index (Phi) is 3.72. The second-order valence-electron chi connectivity index (χ2n) is 6.31. The molecule has 0 amide bonds. The van der Waals surface area contributed by atoms with Crippen LogP contribution < -0.4 is 0 Å². The smallest absolute Gasteiger partial charge is 0.283 e. The normalized spacial score (nSPS) is 18.5. The molecule has 1 aliphatic heterocycles. The molecule has 0 aromatic carbocycles. The molecule has 7 nitrogen and oxygen atoms in total. The standard InChI is InChI=1S/C17H21N5O2/c1-11-16(12(2)21(3)20-11)13-6-4-8-22(13)10-15-18-19-17(24-15)14-7-5-9-23-14/h5,7,9,13H,4,6,8,10H2,1-3H3. The van der Waals surface area contributed by atoms with Crippen molar-refractivity contribution in [1.82, 2.24) is 24.9 Å². The summed E-state index contributed by atoms with van der Waals surface area (Å²) < 4.78 is 13.0. The molecule has 126 valence electrons. The molecule has 7 heteroatoms. The molecule has 0 aliphatic carbocycles. The second-order valence-corrected chi connectivity index (χ2v) is 6.31. The zero-order valence-corrected chi connectivity index (χ0v) is 14.2. The van der Waals surface area contributed by atoms with Gasteiger partial charge in [0.05, 0.1) is 18.5 Å². The Morgan fingerprint density at radius 1 is 1.29 bits per heavy atom. The van der Waals surface area contributed by atoms with Crippen molar-refractivity contribution in [3.05, 3.63) is 41.2 Å². The summed E-state index contributed by atoms with van der Waals surface area (Å²) in [7, 11) is 2.00. The highest BCUT2D eigenvalue weighted by Gasteiger charge is 2.31. The molecule has 1 unspecified atom stereocenters. The average molecular weight is 327 g/mol. The zero-order chi connectivity index (χ0) is 16.7. The maximum Gasteiger partial charge on any atom is 0.283 e. The van der Waals surface area contributed by atoms with Crippen LogP contribution in [0.1, 0.15) is 41.7 Å². The predicted octanol–water partition coefficient (Wildman–Crippen LogP) is 3.02. The maximum absolute atomic E-state index is 5.76. The van der Waals surface area contributed by atoms with E-state index in [-0.39, 0.29) is 0 Å². The monoisotopic (exact) mass is 327 g/mol. The number of nitrogens with zero attached hydrogens (tertiary/aromatic N) is 5. The molecular weight excluding hydrogens is 306 g/mol. The van der Waals surface area contributed by atoms with Crippen LogP contribution in [0.5, 0.6) is 0 Å². The molecule has 0 N–H and O–H groups in total. The SMILES string of the molecule is Cc1nn(C)c(C)c1C1CCCN1Cc1nnc(-c2ccco2)o1. The van der Waals surface area contributed by atoms with E-state index >= 15 is 0 Å². The Labute approximate surface area is 140 Å². The fourth-order valence-corrected chi connectivity index (χ4v) is 3.61. The van der Waals surface area contributed by atoms with E-state index in [1.54, 1.807) is 6.26 Å². The minimum absolute atomic E-state index is 0.359. The number of likely N-dealkylation sites (tertiary alicyclic amines) is 1. The Bertz CT molecular complexity index is 833. The molecule has 24 heavy (non-hydrogen) atoms. The molecule has 0 radical (unpaired) electrons. The van der Waals surface area contributed by atoms with Crippen LogP contribution in [0.3, 0.4) is 0 Å². The van der Waals surface area contributed by atoms with Crippen molar-refractivity contribution >= 4 is 0 Å². The largest absolute Gasteiger partial charge is 0.459 e. The van der Waals surface area contributed by atoms with Gasteiger partial charge >= 0.3 is 0 Å². The van der Waals surface area contributed by atoms with Gasteiger partial charge in [-0.1, -0.05) is 0 Å². The van der Waals surface area contributed by atoms with Gasteiger partial charge < -0.3 is 8.83 Å². The van der Waals surface area contributed by atoms with Crippen molar-refractivity contribution in [2.75, 3.05) is 6.54 Å². The van der Waals surface area contributed by atoms with Gasteiger partial charge in [-0.3, -0.25) is 9.58 Å². The lowest BCUT2D eigenvalue weighted by Gasteiger charge is -2.23. The van der Waals surface area contributed by atoms with Crippen molar-refractivity contribution in [2.24, 2.45) is 7.05 Å². The van der Waals surface area contributed by atoms with Gasteiger partial charge in [-0.2, -0.15) is 5.10 Å². The molecule has 1 aliphatic rings. The number of furan rings is 1. The fraction of sp³-hybridized carbons (Fsp3) is 0.471. The van der Waals surface area contributed by atoms with Crippen molar-refractivity contribution in [1.29, 1.82) is 0 Å². The molecular formula is C17H21N5O2. The first-order valence-electron chi connectivity index (χ1n) is 8.24. The van der Waals surface area contributed by atoms with E-state index in [0.29, 0.717) is 30.1 Å². The third-order valence-electron chi connectivity index (χ3n) is 4.80. The van der Waals surface area contributed by atoms with E-state index in [4.69, 9.17) is 8.83 Å². The van der Waals surface area contributed by atoms with Gasteiger partial charge in [0.1, 0.15) is 0 Å². The van der Waals surface area contributed by atoms with E-state index in [2.05, 4.69) is 34.0 Å². The first-order valence-corrected chi connectivity index (χ1v) is 8.24. The molecule has 4 heterocycles. The number of hydrogen-bond acceptors (Lipinski definition) is 6. The molecule has 1 fully saturated rings. The molecule has 0 saturated carbocycles. The van der Waals surface area contributed by atoms with Gasteiger partial charge in [-0.25, -0.2) is 0 Å². The highest BCUT2D eigenvalue weighted by molar-refractivity contribution is 5.42. The average Bonchev–Trinajstić information content (AvgIpc) is 3.30. The van der Waals surface area contributed by atoms with Crippen LogP contribution in [0.4, 0.5) is 0 Å². The van der Waals surface area contributed by atoms with Gasteiger partial charge in [0.2, 0.25) is 5.89 Å². The van der Waals surface area contributed by atoms with E-state index in [1.807, 2.05) is 23.9 Å². The first kappa shape index (κ1) is 15.1. The predicted molar refractivity (Wildman–Crippen MR) is 87.1 cm³/mol. The summed E-state index contributed by atoms with van der Waals surface area (Å²) in [6, 6.07) is 3.99. The molecule has 0 spiro atoms. The van der Waals surface area contributed by atoms with Gasteiger partial charge in [-0.15, -0.1) is 10.2 Å². The highest BCUT2D eigenvalue weighted by Crippen LogP contribution is 2.36. The highest BCUT2D eigenvalue weighted by atomic mass is 16.4. The van der Waals surface area contributed by atoms with Gasteiger partial charge in [-0.05, 0) is 45.4 Å². The molecule has 3 aromatic rings. The van der Waals surface area contributed by atoms with E-state index in [0.717, 1.165) is 25.1 Å². The molecule has 1 saturated heterocycles. The molecule has 3 aromatic heterocycles. The summed E-state index contributed by atoms with van der Waals surface area (Å²) in [5, 5.41) is 12.8. The van der Waals surface area contributed by atoms with E-state index in [9.17, 15) is 0 Å². The van der Waals surface area contributed by atoms with Gasteiger partial charge in [0.25, 0.3) is 5.89 Å². The quantitative estimate of drug-likeness (QED) is 0.733. The van der Waals surface area contributed by atoms with Crippen LogP contribution in [-0.2, 0) is 13.6 Å². The number of aromatic nitrogens is 4. The zero-order valence-electron chi connectivity index (χ0n) is 14.2. The summed E-state index contributed by atoms with van der Waals surface area (Å²) in [5.74, 6) is 1.65. The third kappa shape index (κ3) is 2.54. The Morgan fingerprint density at radius 2 is 2.17 bits per heavy atom. The van der Waals surface area contributed by atoms with Gasteiger partial charge in [0.15, 0.2) is 5.76 Å². The van der Waals surface area contributed by atoms with Crippen molar-refractivity contribution in [3.8, 4) is 11.7 Å². The third-order valence-corrected chi connectivity index (χ3v) is 4.80. The number of hydrogen-bond donors (Lipinski definition) is 0. The minimum atomic E-state index is 0.359. The molecule has 4 rings (SSSR count). The maximum atomic E-state index is 5.76. The summed E-state index contributed by atoms with van der Waals surface area (Å²) in [6.45, 7) is 5.89. The van der Waals surface area contributed by atoms with E-state index in [1.165, 1.54) is 11.3 Å². The Morgan fingerprint density at radius 3 is 2.88 bits per heavy atom. The number of aryl methyl sites for hydroxylation is 2. The topological polar surface area (TPSA) is 73.1 Å². The van der Waals surface area contributed by atoms with Crippen LogP contribution in [-0.4, -0.2) is 31.4 Å². The van der Waals surface area contributed by atoms with E-state index < -0.39 is 0 Å². The lowest BCUT2D eigenvalue weighted by molar-refractivity contribution is 0.223. The number of rotatable bonds is 4. The second kappa shape index (κ2) is 5.90. The molecule has 0 bridgehead atoms. The fourth-order valence-electron chi connectivity index (χ4n) is 3.61. The summed E-state index contributed by atoms with van der Waals surface area (Å²) in [6.07, 6.45) is 3.90. The lowest BCUT2D eigenvalue weighted by atomic mass is 10.0. The van der Waals surface area contributed by atoms with Crippen molar-refractivity contribution in [2.45, 2.75) is 39.3 Å². The summed E-state index contributed by atoms with van der Waals surface area (Å²) in [5.41, 5.74) is 3.67. The van der Waals surface area contributed by atoms with Crippen LogP contribution in [0, 0.1) is 13.8 Å². The lowest BCUT2D eigenvalue weighted by Crippen LogP contribution is -2.23. The Hall–Kier alpha value is -2.41. The summed E-state index contributed by atoms with van der Waals surface area (Å²) in [4.78, 5) is 2.40. The van der Waals surface area contributed by atoms with Crippen LogP contribution in [0.15, 0.2) is 27.2 Å². The van der Waals surface area contributed by atoms with Crippen LogP contribution in [0.25, 0.3) is 11.7 Å². The molecule has 1 atom stereocenters. The van der Waals surface area contributed by atoms with Crippen LogP contribution in [0.2, 0.25) is 0 Å². The van der Waals surface area contributed by atoms with Crippen molar-refractivity contribution in [3.63, 3.8) is 0 Å². The summed E-state index contributed by atoms with van der Waals surface area (Å²) >= 11 is 0. The first-order chi connectivity index (χ1) is 11.6. The van der Waals surface area contributed by atoms with Gasteiger partial charge in [0, 0.05) is 24.3 Å². The van der Waals surface area contributed by atoms with Crippen LogP contribution >= 0.6 is 0 Å². The van der Waals surface area contributed by atoms with Crippen molar-refractivity contribution < 1.29 is 8.83 Å².